The Morgan fingerprint density at radius 2 is 2.10 bits per heavy atom. The molecule has 0 aliphatic heterocycles. The fourth-order valence-electron chi connectivity index (χ4n) is 1.87. The lowest BCUT2D eigenvalue weighted by Gasteiger charge is -2.11. The summed E-state index contributed by atoms with van der Waals surface area (Å²) in [5, 5.41) is 13.9. The summed E-state index contributed by atoms with van der Waals surface area (Å²) < 4.78 is 18.8. The highest BCUT2D eigenvalue weighted by Gasteiger charge is 2.17. The van der Waals surface area contributed by atoms with Crippen molar-refractivity contribution in [1.82, 2.24) is 0 Å². The molecule has 0 aromatic heterocycles. The Hall–Kier alpha value is -2.15. The number of anilines is 1. The van der Waals surface area contributed by atoms with Gasteiger partial charge in [0.05, 0.1) is 22.6 Å². The number of halogens is 2. The first-order valence-corrected chi connectivity index (χ1v) is 6.81. The molecule has 5 nitrogen and oxygen atoms in total. The van der Waals surface area contributed by atoms with Crippen molar-refractivity contribution < 1.29 is 14.1 Å². The molecule has 0 aliphatic carbocycles. The molecule has 0 saturated heterocycles. The number of benzene rings is 2. The van der Waals surface area contributed by atoms with Crippen LogP contribution in [0.15, 0.2) is 40.9 Å². The number of rotatable bonds is 5. The number of methoxy groups -OCH3 is 1. The van der Waals surface area contributed by atoms with Crippen molar-refractivity contribution >= 4 is 27.3 Å². The van der Waals surface area contributed by atoms with Gasteiger partial charge in [-0.3, -0.25) is 10.1 Å². The molecule has 0 atom stereocenters. The molecule has 1 N–H and O–H groups in total. The zero-order chi connectivity index (χ0) is 15.4. The van der Waals surface area contributed by atoms with Gasteiger partial charge in [-0.1, -0.05) is 18.2 Å². The van der Waals surface area contributed by atoms with E-state index in [-0.39, 0.29) is 15.8 Å². The number of hydrogen-bond donors (Lipinski definition) is 1. The number of nitro groups is 1. The molecule has 0 spiro atoms. The summed E-state index contributed by atoms with van der Waals surface area (Å²) in [5.41, 5.74) is 0.763. The molecule has 2 rings (SSSR count). The van der Waals surface area contributed by atoms with Crippen molar-refractivity contribution in [3.63, 3.8) is 0 Å². The van der Waals surface area contributed by atoms with Gasteiger partial charge in [0.25, 0.3) is 5.69 Å². The Morgan fingerprint density at radius 3 is 2.76 bits per heavy atom. The van der Waals surface area contributed by atoms with Gasteiger partial charge in [-0.2, -0.15) is 0 Å². The van der Waals surface area contributed by atoms with Crippen LogP contribution in [-0.4, -0.2) is 12.0 Å². The molecule has 0 bridgehead atoms. The first kappa shape index (κ1) is 15.2. The lowest BCUT2D eigenvalue weighted by Crippen LogP contribution is -2.04. The Kier molecular flexibility index (Phi) is 4.74. The summed E-state index contributed by atoms with van der Waals surface area (Å²) in [6.45, 7) is 0.322. The topological polar surface area (TPSA) is 64.4 Å². The summed E-state index contributed by atoms with van der Waals surface area (Å²) >= 11 is 3.02. The average molecular weight is 355 g/mol. The van der Waals surface area contributed by atoms with Gasteiger partial charge in [-0.05, 0) is 28.1 Å². The molecule has 0 fully saturated rings. The number of hydrogen-bond acceptors (Lipinski definition) is 4. The third-order valence-electron chi connectivity index (χ3n) is 2.90. The van der Waals surface area contributed by atoms with Crippen molar-refractivity contribution in [2.75, 3.05) is 12.4 Å². The second-order valence-electron chi connectivity index (χ2n) is 4.21. The van der Waals surface area contributed by atoms with E-state index in [4.69, 9.17) is 4.74 Å². The van der Waals surface area contributed by atoms with Crippen LogP contribution in [0.25, 0.3) is 0 Å². The number of ether oxygens (including phenoxy) is 1. The Morgan fingerprint density at radius 1 is 1.38 bits per heavy atom. The fraction of sp³-hybridized carbons (Fsp3) is 0.143. The van der Waals surface area contributed by atoms with Crippen LogP contribution in [0.4, 0.5) is 15.8 Å². The van der Waals surface area contributed by atoms with Crippen molar-refractivity contribution in [2.45, 2.75) is 6.54 Å². The number of nitrogens with one attached hydrogen (secondary N) is 1. The third kappa shape index (κ3) is 3.49. The van der Waals surface area contributed by atoms with Crippen molar-refractivity contribution in [2.24, 2.45) is 0 Å². The average Bonchev–Trinajstić information content (AvgIpc) is 2.48. The summed E-state index contributed by atoms with van der Waals surface area (Å²) in [6, 6.07) is 9.55. The highest BCUT2D eigenvalue weighted by Crippen LogP contribution is 2.31. The van der Waals surface area contributed by atoms with Gasteiger partial charge in [-0.25, -0.2) is 4.39 Å². The van der Waals surface area contributed by atoms with E-state index < -0.39 is 10.7 Å². The molecule has 0 saturated carbocycles. The molecule has 0 aliphatic rings. The minimum absolute atomic E-state index is 0.163. The van der Waals surface area contributed by atoms with Gasteiger partial charge >= 0.3 is 0 Å². The summed E-state index contributed by atoms with van der Waals surface area (Å²) in [6.07, 6.45) is 0. The van der Waals surface area contributed by atoms with E-state index in [1.165, 1.54) is 6.07 Å². The Balaban J connectivity index is 2.27. The van der Waals surface area contributed by atoms with Crippen molar-refractivity contribution in [3.05, 3.63) is 62.4 Å². The van der Waals surface area contributed by atoms with Gasteiger partial charge < -0.3 is 10.1 Å². The summed E-state index contributed by atoms with van der Waals surface area (Å²) in [5.74, 6) is -0.00151. The quantitative estimate of drug-likeness (QED) is 0.647. The van der Waals surface area contributed by atoms with Gasteiger partial charge in [0.15, 0.2) is 0 Å². The zero-order valence-electron chi connectivity index (χ0n) is 11.1. The van der Waals surface area contributed by atoms with Crippen LogP contribution in [0.5, 0.6) is 5.75 Å². The van der Waals surface area contributed by atoms with Gasteiger partial charge in [0.1, 0.15) is 17.3 Å². The molecule has 0 amide bonds. The monoisotopic (exact) mass is 354 g/mol. The first-order valence-electron chi connectivity index (χ1n) is 6.02. The normalized spacial score (nSPS) is 10.2. The van der Waals surface area contributed by atoms with Crippen LogP contribution >= 0.6 is 15.9 Å². The summed E-state index contributed by atoms with van der Waals surface area (Å²) in [4.78, 5) is 10.4. The minimum Gasteiger partial charge on any atom is -0.496 e. The maximum absolute atomic E-state index is 13.4. The maximum Gasteiger partial charge on any atom is 0.295 e. The second-order valence-corrected chi connectivity index (χ2v) is 5.06. The highest BCUT2D eigenvalue weighted by atomic mass is 79.9. The maximum atomic E-state index is 13.4. The molecule has 0 unspecified atom stereocenters. The third-order valence-corrected chi connectivity index (χ3v) is 3.50. The standard InChI is InChI=1S/C14H12BrFN2O3/c1-21-14-5-3-2-4-9(14)8-17-12-6-10(15)11(16)7-13(12)18(19)20/h2-7,17H,8H2,1H3. The van der Waals surface area contributed by atoms with Crippen LogP contribution in [0.3, 0.4) is 0 Å². The molecule has 2 aromatic rings. The number of nitro benzene ring substituents is 1. The SMILES string of the molecule is COc1ccccc1CNc1cc(Br)c(F)cc1[N+](=O)[O-]. The van der Waals surface area contributed by atoms with Crippen molar-refractivity contribution in [3.8, 4) is 5.75 Å². The van der Waals surface area contributed by atoms with E-state index in [2.05, 4.69) is 21.2 Å². The molecule has 21 heavy (non-hydrogen) atoms. The van der Waals surface area contributed by atoms with Crippen LogP contribution in [0, 0.1) is 15.9 Å². The largest absolute Gasteiger partial charge is 0.496 e. The summed E-state index contributed by atoms with van der Waals surface area (Å²) in [7, 11) is 1.55. The minimum atomic E-state index is -0.676. The van der Waals surface area contributed by atoms with Crippen LogP contribution < -0.4 is 10.1 Å². The van der Waals surface area contributed by atoms with Crippen LogP contribution in [-0.2, 0) is 6.54 Å². The predicted molar refractivity (Wildman–Crippen MR) is 81.1 cm³/mol. The molecule has 2 aromatic carbocycles. The predicted octanol–water partition coefficient (Wildman–Crippen LogP) is 4.12. The van der Waals surface area contributed by atoms with Gasteiger partial charge in [0, 0.05) is 12.1 Å². The lowest BCUT2D eigenvalue weighted by atomic mass is 10.2. The lowest BCUT2D eigenvalue weighted by molar-refractivity contribution is -0.384. The molecule has 7 heteroatoms. The molecule has 0 radical (unpaired) electrons. The molecule has 0 heterocycles. The van der Waals surface area contributed by atoms with E-state index in [9.17, 15) is 14.5 Å². The van der Waals surface area contributed by atoms with E-state index in [1.54, 1.807) is 13.2 Å². The zero-order valence-corrected chi connectivity index (χ0v) is 12.7. The fourth-order valence-corrected chi connectivity index (χ4v) is 2.21. The van der Waals surface area contributed by atoms with Crippen molar-refractivity contribution in [1.29, 1.82) is 0 Å². The van der Waals surface area contributed by atoms with Crippen LogP contribution in [0.2, 0.25) is 0 Å². The second kappa shape index (κ2) is 6.53. The smallest absolute Gasteiger partial charge is 0.295 e. The number of para-hydroxylation sites is 1. The van der Waals surface area contributed by atoms with Gasteiger partial charge in [0.2, 0.25) is 0 Å². The van der Waals surface area contributed by atoms with E-state index in [1.807, 2.05) is 18.2 Å². The number of nitrogens with zero attached hydrogens (tertiary/aromatic N) is 1. The molecule has 110 valence electrons. The Labute approximate surface area is 129 Å². The highest BCUT2D eigenvalue weighted by molar-refractivity contribution is 9.10. The molecular formula is C14H12BrFN2O3. The van der Waals surface area contributed by atoms with E-state index in [0.717, 1.165) is 11.6 Å². The van der Waals surface area contributed by atoms with E-state index in [0.29, 0.717) is 12.3 Å². The Bertz CT molecular complexity index is 679. The van der Waals surface area contributed by atoms with Crippen LogP contribution in [0.1, 0.15) is 5.56 Å². The first-order chi connectivity index (χ1) is 10.0. The van der Waals surface area contributed by atoms with Gasteiger partial charge in [-0.15, -0.1) is 0 Å². The van der Waals surface area contributed by atoms with E-state index >= 15 is 0 Å². The molecular weight excluding hydrogens is 343 g/mol.